The topological polar surface area (TPSA) is 66.9 Å². The molecule has 0 saturated carbocycles. The van der Waals surface area contributed by atoms with Crippen molar-refractivity contribution in [3.8, 4) is 0 Å². The molecule has 0 radical (unpaired) electrons. The molecular formula is C16H16FN5O. The van der Waals surface area contributed by atoms with Crippen LogP contribution in [0.25, 0.3) is 11.2 Å². The quantitative estimate of drug-likeness (QED) is 0.787. The van der Waals surface area contributed by atoms with Gasteiger partial charge in [-0.1, -0.05) is 12.1 Å². The summed E-state index contributed by atoms with van der Waals surface area (Å²) in [6, 6.07) is 6.45. The minimum absolute atomic E-state index is 0.0340. The fourth-order valence-corrected chi connectivity index (χ4v) is 2.98. The van der Waals surface area contributed by atoms with Crippen LogP contribution in [0.2, 0.25) is 0 Å². The van der Waals surface area contributed by atoms with Gasteiger partial charge >= 0.3 is 0 Å². The van der Waals surface area contributed by atoms with Gasteiger partial charge in [0, 0.05) is 13.1 Å². The third-order valence-electron chi connectivity index (χ3n) is 4.00. The van der Waals surface area contributed by atoms with Gasteiger partial charge in [0.2, 0.25) is 0 Å². The number of halogens is 1. The number of H-pyrrole nitrogens is 1. The molecule has 0 bridgehead atoms. The second kappa shape index (κ2) is 5.58. The normalized spacial score (nSPS) is 21.7. The lowest BCUT2D eigenvalue weighted by atomic mass is 10.1. The zero-order valence-corrected chi connectivity index (χ0v) is 12.6. The Bertz CT molecular complexity index is 819. The van der Waals surface area contributed by atoms with Crippen molar-refractivity contribution >= 4 is 17.0 Å². The van der Waals surface area contributed by atoms with Crippen molar-refractivity contribution in [3.05, 3.63) is 48.3 Å². The average Bonchev–Trinajstić information content (AvgIpc) is 3.03. The predicted molar refractivity (Wildman–Crippen MR) is 83.6 cm³/mol. The molecule has 7 heteroatoms. The second-order valence-corrected chi connectivity index (χ2v) is 5.69. The van der Waals surface area contributed by atoms with E-state index in [1.807, 2.05) is 6.92 Å². The van der Waals surface area contributed by atoms with Crippen LogP contribution in [0, 0.1) is 5.82 Å². The SMILES string of the molecule is CC1CN(c2ncnc3nc[nH]c23)CC(c2ccc(F)cc2)O1. The van der Waals surface area contributed by atoms with E-state index in [2.05, 4.69) is 24.8 Å². The van der Waals surface area contributed by atoms with Gasteiger partial charge in [0.05, 0.1) is 12.4 Å². The summed E-state index contributed by atoms with van der Waals surface area (Å²) < 4.78 is 19.2. The Kier molecular flexibility index (Phi) is 3.42. The number of benzene rings is 1. The Morgan fingerprint density at radius 3 is 2.83 bits per heavy atom. The fraction of sp³-hybridized carbons (Fsp3) is 0.312. The molecule has 1 saturated heterocycles. The molecule has 1 N–H and O–H groups in total. The summed E-state index contributed by atoms with van der Waals surface area (Å²) in [6.45, 7) is 3.39. The molecule has 1 aromatic carbocycles. The van der Waals surface area contributed by atoms with Crippen molar-refractivity contribution in [3.63, 3.8) is 0 Å². The summed E-state index contributed by atoms with van der Waals surface area (Å²) >= 11 is 0. The highest BCUT2D eigenvalue weighted by Crippen LogP contribution is 2.30. The smallest absolute Gasteiger partial charge is 0.182 e. The van der Waals surface area contributed by atoms with E-state index in [-0.39, 0.29) is 18.0 Å². The maximum Gasteiger partial charge on any atom is 0.182 e. The lowest BCUT2D eigenvalue weighted by molar-refractivity contribution is -0.0175. The first kappa shape index (κ1) is 14.1. The number of nitrogens with zero attached hydrogens (tertiary/aromatic N) is 4. The molecule has 6 nitrogen and oxygen atoms in total. The maximum atomic E-state index is 13.1. The molecule has 1 fully saturated rings. The third-order valence-corrected chi connectivity index (χ3v) is 4.00. The molecule has 0 aliphatic carbocycles. The molecule has 3 aromatic rings. The number of hydrogen-bond acceptors (Lipinski definition) is 5. The Labute approximate surface area is 132 Å². The minimum Gasteiger partial charge on any atom is -0.367 e. The van der Waals surface area contributed by atoms with Gasteiger partial charge in [-0.3, -0.25) is 0 Å². The van der Waals surface area contributed by atoms with Gasteiger partial charge in [-0.05, 0) is 24.6 Å². The average molecular weight is 313 g/mol. The van der Waals surface area contributed by atoms with E-state index >= 15 is 0 Å². The first-order chi connectivity index (χ1) is 11.2. The van der Waals surface area contributed by atoms with E-state index in [0.29, 0.717) is 12.2 Å². The Hall–Kier alpha value is -2.54. The highest BCUT2D eigenvalue weighted by atomic mass is 19.1. The summed E-state index contributed by atoms with van der Waals surface area (Å²) in [5.74, 6) is 0.569. The molecule has 0 spiro atoms. The number of fused-ring (bicyclic) bond motifs is 1. The van der Waals surface area contributed by atoms with E-state index in [0.717, 1.165) is 23.4 Å². The van der Waals surface area contributed by atoms with Crippen molar-refractivity contribution in [2.24, 2.45) is 0 Å². The summed E-state index contributed by atoms with van der Waals surface area (Å²) in [5, 5.41) is 0. The highest BCUT2D eigenvalue weighted by molar-refractivity contribution is 5.82. The minimum atomic E-state index is -0.246. The number of ether oxygens (including phenoxy) is 1. The fourth-order valence-electron chi connectivity index (χ4n) is 2.98. The van der Waals surface area contributed by atoms with Crippen molar-refractivity contribution < 1.29 is 9.13 Å². The van der Waals surface area contributed by atoms with Gasteiger partial charge in [-0.25, -0.2) is 19.3 Å². The maximum absolute atomic E-state index is 13.1. The third kappa shape index (κ3) is 2.63. The predicted octanol–water partition coefficient (Wildman–Crippen LogP) is 2.46. The van der Waals surface area contributed by atoms with Gasteiger partial charge < -0.3 is 14.6 Å². The zero-order chi connectivity index (χ0) is 15.8. The standard InChI is InChI=1S/C16H16FN5O/c1-10-6-22(16-14-15(19-8-18-14)20-9-21-16)7-13(23-10)11-2-4-12(17)5-3-11/h2-5,8-10,13H,6-7H2,1H3,(H,18,19,20,21). The first-order valence-electron chi connectivity index (χ1n) is 7.50. The van der Waals surface area contributed by atoms with Crippen LogP contribution in [0.3, 0.4) is 0 Å². The molecule has 2 unspecified atom stereocenters. The van der Waals surface area contributed by atoms with E-state index in [1.54, 1.807) is 18.5 Å². The summed E-state index contributed by atoms with van der Waals surface area (Å²) in [4.78, 5) is 18.0. The summed E-state index contributed by atoms with van der Waals surface area (Å²) in [7, 11) is 0. The first-order valence-corrected chi connectivity index (χ1v) is 7.50. The highest BCUT2D eigenvalue weighted by Gasteiger charge is 2.28. The van der Waals surface area contributed by atoms with Gasteiger partial charge in [-0.15, -0.1) is 0 Å². The number of aromatic amines is 1. The number of anilines is 1. The van der Waals surface area contributed by atoms with Crippen molar-refractivity contribution in [1.29, 1.82) is 0 Å². The van der Waals surface area contributed by atoms with Crippen LogP contribution in [0.5, 0.6) is 0 Å². The van der Waals surface area contributed by atoms with Crippen LogP contribution in [0.4, 0.5) is 10.2 Å². The molecule has 2 aromatic heterocycles. The van der Waals surface area contributed by atoms with Crippen LogP contribution < -0.4 is 4.90 Å². The molecule has 3 heterocycles. The monoisotopic (exact) mass is 313 g/mol. The van der Waals surface area contributed by atoms with Crippen molar-refractivity contribution in [2.75, 3.05) is 18.0 Å². The van der Waals surface area contributed by atoms with E-state index in [4.69, 9.17) is 4.74 Å². The lowest BCUT2D eigenvalue weighted by Gasteiger charge is -2.37. The van der Waals surface area contributed by atoms with Crippen LogP contribution in [-0.4, -0.2) is 39.1 Å². The molecule has 1 aliphatic rings. The molecule has 2 atom stereocenters. The van der Waals surface area contributed by atoms with Crippen molar-refractivity contribution in [2.45, 2.75) is 19.1 Å². The summed E-state index contributed by atoms with van der Waals surface area (Å²) in [5.41, 5.74) is 2.42. The van der Waals surface area contributed by atoms with E-state index < -0.39 is 0 Å². The lowest BCUT2D eigenvalue weighted by Crippen LogP contribution is -2.43. The number of morpholine rings is 1. The van der Waals surface area contributed by atoms with E-state index in [9.17, 15) is 4.39 Å². The molecular weight excluding hydrogens is 297 g/mol. The zero-order valence-electron chi connectivity index (χ0n) is 12.6. The molecule has 118 valence electrons. The molecule has 4 rings (SSSR count). The number of aromatic nitrogens is 4. The molecule has 23 heavy (non-hydrogen) atoms. The van der Waals surface area contributed by atoms with Gasteiger partial charge in [0.15, 0.2) is 11.5 Å². The Morgan fingerprint density at radius 1 is 1.17 bits per heavy atom. The van der Waals surface area contributed by atoms with Crippen LogP contribution in [-0.2, 0) is 4.74 Å². The number of imidazole rings is 1. The Balaban J connectivity index is 1.67. The second-order valence-electron chi connectivity index (χ2n) is 5.69. The Morgan fingerprint density at radius 2 is 2.00 bits per heavy atom. The number of hydrogen-bond donors (Lipinski definition) is 1. The van der Waals surface area contributed by atoms with Gasteiger partial charge in [0.25, 0.3) is 0 Å². The number of nitrogens with one attached hydrogen (secondary N) is 1. The molecule has 1 aliphatic heterocycles. The number of rotatable bonds is 2. The summed E-state index contributed by atoms with van der Waals surface area (Å²) in [6.07, 6.45) is 3.04. The van der Waals surface area contributed by atoms with Gasteiger partial charge in [0.1, 0.15) is 23.8 Å². The van der Waals surface area contributed by atoms with Crippen LogP contribution in [0.1, 0.15) is 18.6 Å². The van der Waals surface area contributed by atoms with Gasteiger partial charge in [-0.2, -0.15) is 0 Å². The largest absolute Gasteiger partial charge is 0.367 e. The molecule has 0 amide bonds. The van der Waals surface area contributed by atoms with Crippen molar-refractivity contribution in [1.82, 2.24) is 19.9 Å². The van der Waals surface area contributed by atoms with E-state index in [1.165, 1.54) is 18.5 Å². The van der Waals surface area contributed by atoms with Crippen LogP contribution in [0.15, 0.2) is 36.9 Å². The van der Waals surface area contributed by atoms with Crippen LogP contribution >= 0.6 is 0 Å².